The highest BCUT2D eigenvalue weighted by atomic mass is 35.5. The number of fused-ring (bicyclic) bond motifs is 2. The fraction of sp³-hybridized carbons (Fsp3) is 0.296. The third kappa shape index (κ3) is 4.96. The van der Waals surface area contributed by atoms with Crippen molar-refractivity contribution in [1.29, 1.82) is 0 Å². The molecule has 0 spiro atoms. The SMILES string of the molecule is O=C(O)CC(c1cc(Cl)cc(Cl)c1)n1ncc2cc(CCc3ccc4c(n3)CCCC4)ccc21. The molecule has 5 nitrogen and oxygen atoms in total. The van der Waals surface area contributed by atoms with E-state index in [2.05, 4.69) is 29.4 Å². The number of halogens is 2. The van der Waals surface area contributed by atoms with E-state index < -0.39 is 12.0 Å². The third-order valence-corrected chi connectivity index (χ3v) is 6.93. The van der Waals surface area contributed by atoms with E-state index in [0.717, 1.165) is 42.3 Å². The first-order valence-electron chi connectivity index (χ1n) is 11.6. The average molecular weight is 494 g/mol. The van der Waals surface area contributed by atoms with Gasteiger partial charge in [0.1, 0.15) is 0 Å². The van der Waals surface area contributed by atoms with Crippen LogP contribution in [0.3, 0.4) is 0 Å². The third-order valence-electron chi connectivity index (χ3n) is 6.50. The molecular formula is C27H25Cl2N3O2. The molecule has 1 aliphatic rings. The first kappa shape index (κ1) is 22.9. The number of aryl methyl sites for hydroxylation is 4. The van der Waals surface area contributed by atoms with Crippen LogP contribution < -0.4 is 0 Å². The van der Waals surface area contributed by atoms with Gasteiger partial charge >= 0.3 is 5.97 Å². The molecule has 0 amide bonds. The van der Waals surface area contributed by atoms with Crippen LogP contribution >= 0.6 is 23.2 Å². The zero-order valence-corrected chi connectivity index (χ0v) is 20.2. The number of carboxylic acids is 1. The van der Waals surface area contributed by atoms with Gasteiger partial charge in [0.15, 0.2) is 0 Å². The van der Waals surface area contributed by atoms with E-state index in [1.165, 1.54) is 29.7 Å². The van der Waals surface area contributed by atoms with Gasteiger partial charge in [-0.2, -0.15) is 5.10 Å². The number of hydrogen-bond donors (Lipinski definition) is 1. The number of rotatable bonds is 7. The van der Waals surface area contributed by atoms with Crippen molar-refractivity contribution < 1.29 is 9.90 Å². The molecule has 0 aliphatic heterocycles. The molecule has 174 valence electrons. The monoisotopic (exact) mass is 493 g/mol. The summed E-state index contributed by atoms with van der Waals surface area (Å²) >= 11 is 12.4. The quantitative estimate of drug-likeness (QED) is 0.320. The zero-order valence-electron chi connectivity index (χ0n) is 18.7. The maximum atomic E-state index is 11.6. The molecule has 0 bridgehead atoms. The predicted octanol–water partition coefficient (Wildman–Crippen LogP) is 6.47. The van der Waals surface area contributed by atoms with Crippen molar-refractivity contribution in [1.82, 2.24) is 14.8 Å². The van der Waals surface area contributed by atoms with Crippen LogP contribution in [0, 0.1) is 0 Å². The summed E-state index contributed by atoms with van der Waals surface area (Å²) in [4.78, 5) is 16.5. The lowest BCUT2D eigenvalue weighted by molar-refractivity contribution is -0.137. The molecule has 7 heteroatoms. The average Bonchev–Trinajstić information content (AvgIpc) is 3.23. The van der Waals surface area contributed by atoms with Crippen molar-refractivity contribution in [3.8, 4) is 0 Å². The minimum absolute atomic E-state index is 0.126. The molecule has 5 rings (SSSR count). The van der Waals surface area contributed by atoms with E-state index in [0.29, 0.717) is 15.6 Å². The number of aromatic nitrogens is 3. The van der Waals surface area contributed by atoms with Crippen LogP contribution in [0.2, 0.25) is 10.0 Å². The first-order chi connectivity index (χ1) is 16.5. The van der Waals surface area contributed by atoms with E-state index >= 15 is 0 Å². The minimum atomic E-state index is -0.918. The zero-order chi connectivity index (χ0) is 23.7. The molecular weight excluding hydrogens is 469 g/mol. The minimum Gasteiger partial charge on any atom is -0.481 e. The summed E-state index contributed by atoms with van der Waals surface area (Å²) in [6.45, 7) is 0. The second kappa shape index (κ2) is 9.77. The summed E-state index contributed by atoms with van der Waals surface area (Å²) in [5.74, 6) is -0.918. The van der Waals surface area contributed by atoms with Crippen LogP contribution in [-0.4, -0.2) is 25.8 Å². The van der Waals surface area contributed by atoms with Gasteiger partial charge in [0.25, 0.3) is 0 Å². The van der Waals surface area contributed by atoms with Gasteiger partial charge in [0, 0.05) is 26.8 Å². The number of hydrogen-bond acceptors (Lipinski definition) is 3. The van der Waals surface area contributed by atoms with Crippen LogP contribution in [0.15, 0.2) is 54.7 Å². The van der Waals surface area contributed by atoms with Crippen LogP contribution in [-0.2, 0) is 30.5 Å². The van der Waals surface area contributed by atoms with Crippen LogP contribution in [0.1, 0.15) is 53.4 Å². The highest BCUT2D eigenvalue weighted by Crippen LogP contribution is 2.31. The lowest BCUT2D eigenvalue weighted by atomic mass is 9.95. The molecule has 34 heavy (non-hydrogen) atoms. The maximum absolute atomic E-state index is 11.6. The van der Waals surface area contributed by atoms with Crippen molar-refractivity contribution in [3.63, 3.8) is 0 Å². The van der Waals surface area contributed by atoms with Crippen LogP contribution in [0.4, 0.5) is 0 Å². The number of aliphatic carboxylic acids is 1. The molecule has 1 aliphatic carbocycles. The van der Waals surface area contributed by atoms with Gasteiger partial charge in [-0.3, -0.25) is 14.5 Å². The summed E-state index contributed by atoms with van der Waals surface area (Å²) in [6.07, 6.45) is 8.16. The number of nitrogens with zero attached hydrogens (tertiary/aromatic N) is 3. The molecule has 0 radical (unpaired) electrons. The van der Waals surface area contributed by atoms with E-state index in [4.69, 9.17) is 28.2 Å². The van der Waals surface area contributed by atoms with Gasteiger partial charge < -0.3 is 5.11 Å². The number of pyridine rings is 1. The van der Waals surface area contributed by atoms with Crippen LogP contribution in [0.5, 0.6) is 0 Å². The largest absolute Gasteiger partial charge is 0.481 e. The molecule has 0 fully saturated rings. The molecule has 1 N–H and O–H groups in total. The van der Waals surface area contributed by atoms with Gasteiger partial charge in [-0.15, -0.1) is 0 Å². The van der Waals surface area contributed by atoms with Gasteiger partial charge in [0.05, 0.1) is 24.2 Å². The summed E-state index contributed by atoms with van der Waals surface area (Å²) in [5, 5.41) is 16.0. The lowest BCUT2D eigenvalue weighted by Gasteiger charge is -2.18. The fourth-order valence-electron chi connectivity index (χ4n) is 4.82. The second-order valence-electron chi connectivity index (χ2n) is 8.91. The topological polar surface area (TPSA) is 68.0 Å². The second-order valence-corrected chi connectivity index (χ2v) is 9.79. The Morgan fingerprint density at radius 2 is 1.79 bits per heavy atom. The molecule has 1 unspecified atom stereocenters. The van der Waals surface area contributed by atoms with Crippen molar-refractivity contribution in [2.75, 3.05) is 0 Å². The summed E-state index contributed by atoms with van der Waals surface area (Å²) in [7, 11) is 0. The Morgan fingerprint density at radius 1 is 1.00 bits per heavy atom. The normalized spacial score (nSPS) is 14.2. The van der Waals surface area contributed by atoms with Crippen LogP contribution in [0.25, 0.3) is 10.9 Å². The Labute approximate surface area is 208 Å². The van der Waals surface area contributed by atoms with Gasteiger partial charge in [-0.05, 0) is 91.6 Å². The molecule has 2 heterocycles. The highest BCUT2D eigenvalue weighted by molar-refractivity contribution is 6.34. The molecule has 0 saturated heterocycles. The standard InChI is InChI=1S/C27H25Cl2N3O2/c28-21-12-19(13-22(29)14-21)26(15-27(33)34)32-25-10-6-17(11-20(25)16-30-32)5-8-23-9-7-18-3-1-2-4-24(18)31-23/h6-7,9-14,16,26H,1-5,8,15H2,(H,33,34). The van der Waals surface area contributed by atoms with E-state index in [-0.39, 0.29) is 6.42 Å². The predicted molar refractivity (Wildman–Crippen MR) is 135 cm³/mol. The van der Waals surface area contributed by atoms with E-state index in [1.807, 2.05) is 6.07 Å². The van der Waals surface area contributed by atoms with Crippen molar-refractivity contribution >= 4 is 40.1 Å². The Bertz CT molecular complexity index is 1350. The summed E-state index contributed by atoms with van der Waals surface area (Å²) in [6, 6.07) is 15.2. The number of benzene rings is 2. The van der Waals surface area contributed by atoms with Crippen molar-refractivity contribution in [2.24, 2.45) is 0 Å². The Hall–Kier alpha value is -2.89. The smallest absolute Gasteiger partial charge is 0.305 e. The summed E-state index contributed by atoms with van der Waals surface area (Å²) < 4.78 is 1.75. The number of carboxylic acid groups (broad SMARTS) is 1. The summed E-state index contributed by atoms with van der Waals surface area (Å²) in [5.41, 5.74) is 6.60. The van der Waals surface area contributed by atoms with E-state index in [9.17, 15) is 9.90 Å². The molecule has 4 aromatic rings. The van der Waals surface area contributed by atoms with Crippen molar-refractivity contribution in [3.05, 3.63) is 92.9 Å². The van der Waals surface area contributed by atoms with Crippen molar-refractivity contribution in [2.45, 2.75) is 51.0 Å². The van der Waals surface area contributed by atoms with Gasteiger partial charge in [-0.1, -0.05) is 35.3 Å². The molecule has 1 atom stereocenters. The molecule has 0 saturated carbocycles. The maximum Gasteiger partial charge on any atom is 0.305 e. The Balaban J connectivity index is 1.39. The Morgan fingerprint density at radius 3 is 2.59 bits per heavy atom. The molecule has 2 aromatic heterocycles. The lowest BCUT2D eigenvalue weighted by Crippen LogP contribution is -2.16. The highest BCUT2D eigenvalue weighted by Gasteiger charge is 2.21. The van der Waals surface area contributed by atoms with Gasteiger partial charge in [0.2, 0.25) is 0 Å². The fourth-order valence-corrected chi connectivity index (χ4v) is 5.37. The Kier molecular flexibility index (Phi) is 6.57. The molecule has 2 aromatic carbocycles. The first-order valence-corrected chi connectivity index (χ1v) is 12.3. The number of carbonyl (C=O) groups is 1. The van der Waals surface area contributed by atoms with E-state index in [1.54, 1.807) is 29.1 Å². The van der Waals surface area contributed by atoms with Gasteiger partial charge in [-0.25, -0.2) is 0 Å².